The molecule has 3 heterocycles. The molecule has 8 heteroatoms. The van der Waals surface area contributed by atoms with Gasteiger partial charge in [0.25, 0.3) is 0 Å². The number of imidazole rings is 1. The molecule has 25 heavy (non-hydrogen) atoms. The van der Waals surface area contributed by atoms with E-state index in [1.165, 1.54) is 11.8 Å². The number of nitrogens with one attached hydrogen (secondary N) is 2. The van der Waals surface area contributed by atoms with Gasteiger partial charge < -0.3 is 9.88 Å². The van der Waals surface area contributed by atoms with E-state index in [-0.39, 0.29) is 11.9 Å². The summed E-state index contributed by atoms with van der Waals surface area (Å²) in [5, 5.41) is 7.47. The van der Waals surface area contributed by atoms with Gasteiger partial charge in [-0.3, -0.25) is 9.89 Å². The highest BCUT2D eigenvalue weighted by molar-refractivity contribution is 7.99. The van der Waals surface area contributed by atoms with Crippen molar-refractivity contribution in [2.24, 2.45) is 0 Å². The van der Waals surface area contributed by atoms with Gasteiger partial charge in [0.05, 0.1) is 22.8 Å². The Hall–Kier alpha value is -2.35. The van der Waals surface area contributed by atoms with Crippen LogP contribution < -0.4 is 0 Å². The summed E-state index contributed by atoms with van der Waals surface area (Å²) in [6.45, 7) is 4.67. The van der Waals surface area contributed by atoms with Gasteiger partial charge in [0, 0.05) is 6.54 Å². The standard InChI is InChI=1S/C17H20N6OS/c1-10-5-3-6-12-15(10)20-16(19-12)13-7-4-8-23(13)14(24)9-25-17-18-11(2)21-22-17/h3,5-6,13H,4,7-9H2,1-2H3,(H,19,20)(H,18,21,22)/t13-/m0/s1. The maximum atomic E-state index is 12.7. The Bertz CT molecular complexity index is 917. The zero-order valence-electron chi connectivity index (χ0n) is 14.2. The Balaban J connectivity index is 1.50. The van der Waals surface area contributed by atoms with E-state index in [1.54, 1.807) is 0 Å². The Morgan fingerprint density at radius 2 is 2.24 bits per heavy atom. The van der Waals surface area contributed by atoms with Gasteiger partial charge >= 0.3 is 0 Å². The van der Waals surface area contributed by atoms with E-state index < -0.39 is 0 Å². The molecule has 1 fully saturated rings. The molecule has 2 N–H and O–H groups in total. The van der Waals surface area contributed by atoms with Crippen molar-refractivity contribution >= 4 is 28.7 Å². The van der Waals surface area contributed by atoms with Crippen LogP contribution in [0.1, 0.15) is 36.1 Å². The van der Waals surface area contributed by atoms with E-state index in [9.17, 15) is 4.79 Å². The minimum absolute atomic E-state index is 0.0220. The van der Waals surface area contributed by atoms with Crippen molar-refractivity contribution in [3.8, 4) is 0 Å². The Morgan fingerprint density at radius 1 is 1.36 bits per heavy atom. The zero-order valence-corrected chi connectivity index (χ0v) is 15.1. The summed E-state index contributed by atoms with van der Waals surface area (Å²) < 4.78 is 0. The number of nitrogens with zero attached hydrogens (tertiary/aromatic N) is 4. The Morgan fingerprint density at radius 3 is 3.00 bits per heavy atom. The van der Waals surface area contributed by atoms with Crippen molar-refractivity contribution in [1.82, 2.24) is 30.0 Å². The van der Waals surface area contributed by atoms with Crippen molar-refractivity contribution < 1.29 is 4.79 Å². The van der Waals surface area contributed by atoms with Crippen LogP contribution in [0.5, 0.6) is 0 Å². The van der Waals surface area contributed by atoms with Crippen molar-refractivity contribution in [2.75, 3.05) is 12.3 Å². The third-order valence-corrected chi connectivity index (χ3v) is 5.36. The number of carbonyl (C=O) groups excluding carboxylic acids is 1. The number of H-pyrrole nitrogens is 2. The normalized spacial score (nSPS) is 17.5. The Kier molecular flexibility index (Phi) is 4.20. The van der Waals surface area contributed by atoms with Gasteiger partial charge in [0.15, 0.2) is 0 Å². The Labute approximate surface area is 149 Å². The number of benzene rings is 1. The average molecular weight is 356 g/mol. The first-order valence-corrected chi connectivity index (χ1v) is 9.37. The van der Waals surface area contributed by atoms with Gasteiger partial charge in [0.2, 0.25) is 11.1 Å². The average Bonchev–Trinajstić information content (AvgIpc) is 3.31. The molecule has 1 aromatic carbocycles. The van der Waals surface area contributed by atoms with Crippen LogP contribution in [-0.2, 0) is 4.79 Å². The van der Waals surface area contributed by atoms with Crippen molar-refractivity contribution in [3.05, 3.63) is 35.4 Å². The number of rotatable bonds is 4. The number of aromatic amines is 2. The molecule has 130 valence electrons. The fourth-order valence-electron chi connectivity index (χ4n) is 3.30. The highest BCUT2D eigenvalue weighted by atomic mass is 32.2. The number of carbonyl (C=O) groups is 1. The number of thioether (sulfide) groups is 1. The third-order valence-electron chi connectivity index (χ3n) is 4.52. The number of aryl methyl sites for hydroxylation is 2. The van der Waals surface area contributed by atoms with E-state index in [1.807, 2.05) is 24.0 Å². The molecule has 1 aliphatic rings. The summed E-state index contributed by atoms with van der Waals surface area (Å²) in [5.74, 6) is 2.08. The molecule has 0 spiro atoms. The summed E-state index contributed by atoms with van der Waals surface area (Å²) in [6, 6.07) is 6.13. The fourth-order valence-corrected chi connectivity index (χ4v) is 4.03. The highest BCUT2D eigenvalue weighted by Crippen LogP contribution is 2.32. The minimum atomic E-state index is 0.0220. The van der Waals surface area contributed by atoms with Crippen LogP contribution in [-0.4, -0.2) is 48.3 Å². The summed E-state index contributed by atoms with van der Waals surface area (Å²) in [4.78, 5) is 27.0. The molecule has 0 radical (unpaired) electrons. The first kappa shape index (κ1) is 16.1. The second kappa shape index (κ2) is 6.51. The molecule has 3 aromatic rings. The number of hydrogen-bond donors (Lipinski definition) is 2. The van der Waals surface area contributed by atoms with Gasteiger partial charge in [-0.2, -0.15) is 0 Å². The van der Waals surface area contributed by atoms with Crippen LogP contribution in [0.2, 0.25) is 0 Å². The van der Waals surface area contributed by atoms with Crippen LogP contribution in [0.15, 0.2) is 23.4 Å². The second-order valence-corrected chi connectivity index (χ2v) is 7.27. The number of fused-ring (bicyclic) bond motifs is 1. The fraction of sp³-hybridized carbons (Fsp3) is 0.412. The molecule has 4 rings (SSSR count). The summed E-state index contributed by atoms with van der Waals surface area (Å²) in [6.07, 6.45) is 1.94. The summed E-state index contributed by atoms with van der Waals surface area (Å²) in [5.41, 5.74) is 3.16. The van der Waals surface area contributed by atoms with E-state index in [0.717, 1.165) is 47.6 Å². The SMILES string of the molecule is Cc1nc(SCC(=O)N2CCC[C@H]2c2nc3c(C)cccc3[nH]2)n[nH]1. The van der Waals surface area contributed by atoms with Crippen LogP contribution >= 0.6 is 11.8 Å². The van der Waals surface area contributed by atoms with Crippen LogP contribution in [0, 0.1) is 13.8 Å². The molecule has 0 unspecified atom stereocenters. The van der Waals surface area contributed by atoms with Gasteiger partial charge in [-0.05, 0) is 38.3 Å². The summed E-state index contributed by atoms with van der Waals surface area (Å²) in [7, 11) is 0. The number of likely N-dealkylation sites (tertiary alicyclic amines) is 1. The monoisotopic (exact) mass is 356 g/mol. The molecule has 2 aromatic heterocycles. The van der Waals surface area contributed by atoms with E-state index in [2.05, 4.69) is 33.2 Å². The van der Waals surface area contributed by atoms with Gasteiger partial charge in [-0.1, -0.05) is 23.9 Å². The van der Waals surface area contributed by atoms with E-state index >= 15 is 0 Å². The predicted octanol–water partition coefficient (Wildman–Crippen LogP) is 2.75. The first-order chi connectivity index (χ1) is 12.1. The minimum Gasteiger partial charge on any atom is -0.340 e. The first-order valence-electron chi connectivity index (χ1n) is 8.38. The molecule has 1 atom stereocenters. The molecular weight excluding hydrogens is 336 g/mol. The van der Waals surface area contributed by atoms with Crippen LogP contribution in [0.4, 0.5) is 0 Å². The molecule has 0 saturated carbocycles. The van der Waals surface area contributed by atoms with Crippen LogP contribution in [0.25, 0.3) is 11.0 Å². The summed E-state index contributed by atoms with van der Waals surface area (Å²) >= 11 is 1.37. The van der Waals surface area contributed by atoms with E-state index in [4.69, 9.17) is 4.98 Å². The lowest BCUT2D eigenvalue weighted by Gasteiger charge is -2.22. The molecule has 0 bridgehead atoms. The predicted molar refractivity (Wildman–Crippen MR) is 96.4 cm³/mol. The maximum Gasteiger partial charge on any atom is 0.233 e. The maximum absolute atomic E-state index is 12.7. The van der Waals surface area contributed by atoms with Crippen molar-refractivity contribution in [1.29, 1.82) is 0 Å². The van der Waals surface area contributed by atoms with Gasteiger partial charge in [-0.15, -0.1) is 5.10 Å². The third kappa shape index (κ3) is 3.13. The molecule has 0 aliphatic carbocycles. The van der Waals surface area contributed by atoms with Crippen molar-refractivity contribution in [3.63, 3.8) is 0 Å². The lowest BCUT2D eigenvalue weighted by molar-refractivity contribution is -0.129. The molecular formula is C17H20N6OS. The van der Waals surface area contributed by atoms with E-state index in [0.29, 0.717) is 10.9 Å². The highest BCUT2D eigenvalue weighted by Gasteiger charge is 2.32. The number of hydrogen-bond acceptors (Lipinski definition) is 5. The number of para-hydroxylation sites is 1. The quantitative estimate of drug-likeness (QED) is 0.702. The molecule has 1 saturated heterocycles. The van der Waals surface area contributed by atoms with Gasteiger partial charge in [-0.25, -0.2) is 9.97 Å². The molecule has 1 aliphatic heterocycles. The smallest absolute Gasteiger partial charge is 0.233 e. The zero-order chi connectivity index (χ0) is 17.4. The molecule has 1 amide bonds. The number of amides is 1. The number of aromatic nitrogens is 5. The lowest BCUT2D eigenvalue weighted by Crippen LogP contribution is -2.32. The second-order valence-electron chi connectivity index (χ2n) is 6.33. The van der Waals surface area contributed by atoms with Gasteiger partial charge in [0.1, 0.15) is 11.6 Å². The van der Waals surface area contributed by atoms with Crippen LogP contribution in [0.3, 0.4) is 0 Å². The van der Waals surface area contributed by atoms with Crippen molar-refractivity contribution in [2.45, 2.75) is 37.9 Å². The molecule has 7 nitrogen and oxygen atoms in total. The lowest BCUT2D eigenvalue weighted by atomic mass is 10.2. The largest absolute Gasteiger partial charge is 0.340 e. The topological polar surface area (TPSA) is 90.6 Å².